The smallest absolute Gasteiger partial charge is 0.0776 e. The average Bonchev–Trinajstić information content (AvgIpc) is 2.30. The molecule has 1 N–H and O–H groups in total. The predicted octanol–water partition coefficient (Wildman–Crippen LogP) is 4.63. The molecule has 0 radical (unpaired) electrons. The SMILES string of the molecule is CCCNC(CC(C)CCC)C(OCC)C(C)(C)C. The average molecular weight is 271 g/mol. The van der Waals surface area contributed by atoms with Crippen LogP contribution < -0.4 is 5.32 Å². The van der Waals surface area contributed by atoms with E-state index >= 15 is 0 Å². The second-order valence-electron chi connectivity index (χ2n) is 6.93. The van der Waals surface area contributed by atoms with E-state index in [9.17, 15) is 0 Å². The van der Waals surface area contributed by atoms with Crippen LogP contribution in [0.15, 0.2) is 0 Å². The molecule has 0 fully saturated rings. The van der Waals surface area contributed by atoms with Crippen LogP contribution in [0.2, 0.25) is 0 Å². The minimum atomic E-state index is 0.188. The van der Waals surface area contributed by atoms with Gasteiger partial charge in [0.25, 0.3) is 0 Å². The fraction of sp³-hybridized carbons (Fsp3) is 1.00. The predicted molar refractivity (Wildman–Crippen MR) is 85.6 cm³/mol. The van der Waals surface area contributed by atoms with E-state index < -0.39 is 0 Å². The Kier molecular flexibility index (Phi) is 9.72. The molecular formula is C17H37NO. The van der Waals surface area contributed by atoms with Gasteiger partial charge in [0, 0.05) is 12.6 Å². The molecule has 0 aliphatic heterocycles. The highest BCUT2D eigenvalue weighted by atomic mass is 16.5. The van der Waals surface area contributed by atoms with Crippen LogP contribution in [-0.4, -0.2) is 25.3 Å². The van der Waals surface area contributed by atoms with Crippen molar-refractivity contribution in [2.24, 2.45) is 11.3 Å². The highest BCUT2D eigenvalue weighted by Gasteiger charge is 2.33. The second-order valence-corrected chi connectivity index (χ2v) is 6.93. The Hall–Kier alpha value is -0.0800. The zero-order chi connectivity index (χ0) is 14.9. The first-order valence-electron chi connectivity index (χ1n) is 8.21. The maximum atomic E-state index is 6.08. The second kappa shape index (κ2) is 9.77. The first-order chi connectivity index (χ1) is 8.86. The first-order valence-corrected chi connectivity index (χ1v) is 8.21. The lowest BCUT2D eigenvalue weighted by molar-refractivity contribution is -0.0402. The van der Waals surface area contributed by atoms with Crippen LogP contribution in [0.1, 0.15) is 74.1 Å². The van der Waals surface area contributed by atoms with E-state index in [1.165, 1.54) is 25.7 Å². The molecule has 0 heterocycles. The summed E-state index contributed by atoms with van der Waals surface area (Å²) in [5, 5.41) is 3.73. The van der Waals surface area contributed by atoms with Crippen LogP contribution in [0.4, 0.5) is 0 Å². The fourth-order valence-corrected chi connectivity index (χ4v) is 2.84. The van der Waals surface area contributed by atoms with Crippen LogP contribution in [-0.2, 0) is 4.74 Å². The summed E-state index contributed by atoms with van der Waals surface area (Å²) in [5.74, 6) is 0.768. The summed E-state index contributed by atoms with van der Waals surface area (Å²) < 4.78 is 6.08. The van der Waals surface area contributed by atoms with E-state index in [4.69, 9.17) is 4.74 Å². The first kappa shape index (κ1) is 18.9. The Morgan fingerprint density at radius 2 is 1.68 bits per heavy atom. The Morgan fingerprint density at radius 3 is 2.11 bits per heavy atom. The van der Waals surface area contributed by atoms with Crippen molar-refractivity contribution < 1.29 is 4.74 Å². The number of hydrogen-bond acceptors (Lipinski definition) is 2. The molecule has 3 unspecified atom stereocenters. The van der Waals surface area contributed by atoms with Gasteiger partial charge in [-0.05, 0) is 37.6 Å². The van der Waals surface area contributed by atoms with Crippen molar-refractivity contribution in [2.75, 3.05) is 13.2 Å². The molecule has 116 valence electrons. The van der Waals surface area contributed by atoms with Crippen molar-refractivity contribution >= 4 is 0 Å². The van der Waals surface area contributed by atoms with Crippen molar-refractivity contribution in [2.45, 2.75) is 86.3 Å². The third kappa shape index (κ3) is 7.94. The quantitative estimate of drug-likeness (QED) is 0.625. The molecule has 0 spiro atoms. The van der Waals surface area contributed by atoms with E-state index in [0.29, 0.717) is 12.1 Å². The zero-order valence-electron chi connectivity index (χ0n) is 14.4. The van der Waals surface area contributed by atoms with Gasteiger partial charge in [0.05, 0.1) is 6.10 Å². The molecular weight excluding hydrogens is 234 g/mol. The van der Waals surface area contributed by atoms with E-state index in [1.54, 1.807) is 0 Å². The molecule has 19 heavy (non-hydrogen) atoms. The summed E-state index contributed by atoms with van der Waals surface area (Å²) in [6.07, 6.45) is 5.28. The zero-order valence-corrected chi connectivity index (χ0v) is 14.4. The summed E-state index contributed by atoms with van der Waals surface area (Å²) in [6.45, 7) is 17.7. The van der Waals surface area contributed by atoms with Crippen LogP contribution >= 0.6 is 0 Å². The molecule has 0 aliphatic rings. The Morgan fingerprint density at radius 1 is 1.05 bits per heavy atom. The third-order valence-electron chi connectivity index (χ3n) is 3.66. The molecule has 2 nitrogen and oxygen atoms in total. The van der Waals surface area contributed by atoms with Crippen LogP contribution in [0, 0.1) is 11.3 Å². The maximum Gasteiger partial charge on any atom is 0.0776 e. The summed E-state index contributed by atoms with van der Waals surface area (Å²) in [6, 6.07) is 0.474. The molecule has 3 atom stereocenters. The Bertz CT molecular complexity index is 210. The Balaban J connectivity index is 4.74. The summed E-state index contributed by atoms with van der Waals surface area (Å²) in [7, 11) is 0. The molecule has 0 rings (SSSR count). The van der Waals surface area contributed by atoms with Gasteiger partial charge in [-0.15, -0.1) is 0 Å². The van der Waals surface area contributed by atoms with Gasteiger partial charge in [-0.3, -0.25) is 0 Å². The topological polar surface area (TPSA) is 21.3 Å². The number of hydrogen-bond donors (Lipinski definition) is 1. The molecule has 0 saturated heterocycles. The van der Waals surface area contributed by atoms with Gasteiger partial charge in [-0.2, -0.15) is 0 Å². The van der Waals surface area contributed by atoms with Gasteiger partial charge >= 0.3 is 0 Å². The van der Waals surface area contributed by atoms with Crippen molar-refractivity contribution in [3.8, 4) is 0 Å². The standard InChI is InChI=1S/C17H37NO/c1-8-11-14(4)13-15(18-12-9-2)16(19-10-3)17(5,6)7/h14-16,18H,8-13H2,1-7H3. The summed E-state index contributed by atoms with van der Waals surface area (Å²) in [5.41, 5.74) is 0.188. The minimum absolute atomic E-state index is 0.188. The molecule has 0 amide bonds. The van der Waals surface area contributed by atoms with Crippen LogP contribution in [0.25, 0.3) is 0 Å². The van der Waals surface area contributed by atoms with Gasteiger partial charge in [-0.25, -0.2) is 0 Å². The van der Waals surface area contributed by atoms with E-state index in [-0.39, 0.29) is 5.41 Å². The molecule has 2 heteroatoms. The molecule has 0 bridgehead atoms. The van der Waals surface area contributed by atoms with Crippen molar-refractivity contribution in [3.05, 3.63) is 0 Å². The van der Waals surface area contributed by atoms with Crippen molar-refractivity contribution in [1.82, 2.24) is 5.32 Å². The molecule has 0 aromatic heterocycles. The van der Waals surface area contributed by atoms with Gasteiger partial charge in [0.1, 0.15) is 0 Å². The van der Waals surface area contributed by atoms with Gasteiger partial charge in [0.15, 0.2) is 0 Å². The molecule has 0 aliphatic carbocycles. The van der Waals surface area contributed by atoms with E-state index in [1.807, 2.05) is 0 Å². The van der Waals surface area contributed by atoms with Crippen molar-refractivity contribution in [1.29, 1.82) is 0 Å². The monoisotopic (exact) mass is 271 g/mol. The lowest BCUT2D eigenvalue weighted by Gasteiger charge is -2.38. The maximum absolute atomic E-state index is 6.08. The van der Waals surface area contributed by atoms with Gasteiger partial charge in [-0.1, -0.05) is 54.4 Å². The van der Waals surface area contributed by atoms with E-state index in [0.717, 1.165) is 19.1 Å². The van der Waals surface area contributed by atoms with Crippen LogP contribution in [0.5, 0.6) is 0 Å². The summed E-state index contributed by atoms with van der Waals surface area (Å²) >= 11 is 0. The molecule has 0 aromatic carbocycles. The number of ether oxygens (including phenoxy) is 1. The lowest BCUT2D eigenvalue weighted by atomic mass is 9.81. The highest BCUT2D eigenvalue weighted by Crippen LogP contribution is 2.28. The number of rotatable bonds is 10. The van der Waals surface area contributed by atoms with Crippen LogP contribution in [0.3, 0.4) is 0 Å². The minimum Gasteiger partial charge on any atom is -0.376 e. The van der Waals surface area contributed by atoms with Gasteiger partial charge < -0.3 is 10.1 Å². The highest BCUT2D eigenvalue weighted by molar-refractivity contribution is 4.87. The van der Waals surface area contributed by atoms with E-state index in [2.05, 4.69) is 53.8 Å². The fourth-order valence-electron chi connectivity index (χ4n) is 2.84. The lowest BCUT2D eigenvalue weighted by Crippen LogP contribution is -2.49. The molecule has 0 aromatic rings. The largest absolute Gasteiger partial charge is 0.376 e. The molecule has 0 saturated carbocycles. The van der Waals surface area contributed by atoms with Crippen molar-refractivity contribution in [3.63, 3.8) is 0 Å². The normalized spacial score (nSPS) is 17.2. The van der Waals surface area contributed by atoms with Gasteiger partial charge in [0.2, 0.25) is 0 Å². The Labute approximate surface area is 121 Å². The summed E-state index contributed by atoms with van der Waals surface area (Å²) in [4.78, 5) is 0. The third-order valence-corrected chi connectivity index (χ3v) is 3.66. The number of nitrogens with one attached hydrogen (secondary N) is 1.